The lowest BCUT2D eigenvalue weighted by molar-refractivity contribution is -0.121. The fourth-order valence-electron chi connectivity index (χ4n) is 3.52. The van der Waals surface area contributed by atoms with Gasteiger partial charge in [0, 0.05) is 16.1 Å². The number of fused-ring (bicyclic) bond motifs is 2. The summed E-state index contributed by atoms with van der Waals surface area (Å²) in [5.41, 5.74) is 2.06. The molecule has 0 radical (unpaired) electrons. The summed E-state index contributed by atoms with van der Waals surface area (Å²) in [6, 6.07) is 6.02. The van der Waals surface area contributed by atoms with Crippen molar-refractivity contribution in [1.82, 2.24) is 0 Å². The molecule has 0 spiro atoms. The van der Waals surface area contributed by atoms with E-state index in [2.05, 4.69) is 21.2 Å². The number of hydrogen-bond donors (Lipinski definition) is 1. The minimum absolute atomic E-state index is 0.225. The van der Waals surface area contributed by atoms with Crippen LogP contribution in [0, 0.1) is 24.7 Å². The van der Waals surface area contributed by atoms with Crippen LogP contribution in [0.4, 0.5) is 5.69 Å². The Morgan fingerprint density at radius 2 is 2.17 bits per heavy atom. The molecule has 3 heteroatoms. The van der Waals surface area contributed by atoms with Crippen LogP contribution in [0.25, 0.3) is 0 Å². The molecule has 0 aliphatic heterocycles. The van der Waals surface area contributed by atoms with Crippen LogP contribution in [-0.2, 0) is 4.79 Å². The molecule has 0 aromatic heterocycles. The Morgan fingerprint density at radius 1 is 1.33 bits per heavy atom. The van der Waals surface area contributed by atoms with Gasteiger partial charge in [0.25, 0.3) is 0 Å². The van der Waals surface area contributed by atoms with E-state index in [0.717, 1.165) is 28.1 Å². The van der Waals surface area contributed by atoms with Crippen LogP contribution in [0.2, 0.25) is 0 Å². The number of halogens is 1. The first kappa shape index (κ1) is 12.2. The predicted molar refractivity (Wildman–Crippen MR) is 76.4 cm³/mol. The van der Waals surface area contributed by atoms with Crippen molar-refractivity contribution in [2.45, 2.75) is 32.6 Å². The van der Waals surface area contributed by atoms with E-state index in [1.165, 1.54) is 19.3 Å². The number of nitrogens with one attached hydrogen (secondary N) is 1. The van der Waals surface area contributed by atoms with E-state index in [4.69, 9.17) is 0 Å². The quantitative estimate of drug-likeness (QED) is 0.874. The summed E-state index contributed by atoms with van der Waals surface area (Å²) in [5.74, 6) is 1.93. The van der Waals surface area contributed by atoms with E-state index >= 15 is 0 Å². The molecule has 1 amide bonds. The molecule has 2 aliphatic carbocycles. The molecule has 2 fully saturated rings. The summed E-state index contributed by atoms with van der Waals surface area (Å²) < 4.78 is 1.01. The van der Waals surface area contributed by atoms with Gasteiger partial charge in [-0.05, 0) is 55.7 Å². The van der Waals surface area contributed by atoms with Gasteiger partial charge in [-0.1, -0.05) is 28.4 Å². The van der Waals surface area contributed by atoms with Crippen LogP contribution in [-0.4, -0.2) is 5.91 Å². The molecule has 3 rings (SSSR count). The van der Waals surface area contributed by atoms with Gasteiger partial charge in [-0.2, -0.15) is 0 Å². The number of carbonyl (C=O) groups is 1. The molecule has 1 aromatic rings. The minimum Gasteiger partial charge on any atom is -0.326 e. The first-order valence-corrected chi connectivity index (χ1v) is 7.50. The first-order chi connectivity index (χ1) is 8.63. The summed E-state index contributed by atoms with van der Waals surface area (Å²) in [6.45, 7) is 2.03. The lowest BCUT2D eigenvalue weighted by Crippen LogP contribution is -2.27. The molecule has 3 atom stereocenters. The van der Waals surface area contributed by atoms with Crippen molar-refractivity contribution in [1.29, 1.82) is 0 Å². The molecule has 2 aliphatic rings. The van der Waals surface area contributed by atoms with E-state index < -0.39 is 0 Å². The molecular weight excluding hydrogens is 290 g/mol. The Hall–Kier alpha value is -0.830. The smallest absolute Gasteiger partial charge is 0.227 e. The summed E-state index contributed by atoms with van der Waals surface area (Å²) in [5, 5.41) is 3.11. The Morgan fingerprint density at radius 3 is 2.83 bits per heavy atom. The molecular formula is C15H18BrNO. The van der Waals surface area contributed by atoms with Crippen molar-refractivity contribution in [3.63, 3.8) is 0 Å². The van der Waals surface area contributed by atoms with Gasteiger partial charge in [0.2, 0.25) is 5.91 Å². The van der Waals surface area contributed by atoms with Crippen molar-refractivity contribution in [3.8, 4) is 0 Å². The highest BCUT2D eigenvalue weighted by atomic mass is 79.9. The Kier molecular flexibility index (Phi) is 3.18. The fraction of sp³-hybridized carbons (Fsp3) is 0.533. The lowest BCUT2D eigenvalue weighted by Gasteiger charge is -2.21. The van der Waals surface area contributed by atoms with Gasteiger partial charge >= 0.3 is 0 Å². The molecule has 1 aromatic carbocycles. The topological polar surface area (TPSA) is 29.1 Å². The Labute approximate surface area is 116 Å². The molecule has 2 saturated carbocycles. The van der Waals surface area contributed by atoms with Crippen molar-refractivity contribution in [3.05, 3.63) is 28.2 Å². The molecule has 3 unspecified atom stereocenters. The molecule has 2 nitrogen and oxygen atoms in total. The summed E-state index contributed by atoms with van der Waals surface area (Å²) in [4.78, 5) is 12.3. The molecule has 2 bridgehead atoms. The second-order valence-electron chi connectivity index (χ2n) is 5.73. The monoisotopic (exact) mass is 307 g/mol. The van der Waals surface area contributed by atoms with Crippen molar-refractivity contribution in [2.24, 2.45) is 17.8 Å². The molecule has 0 saturated heterocycles. The number of rotatable bonds is 2. The van der Waals surface area contributed by atoms with Gasteiger partial charge < -0.3 is 5.32 Å². The number of hydrogen-bond acceptors (Lipinski definition) is 1. The maximum absolute atomic E-state index is 12.3. The Bertz CT molecular complexity index is 485. The van der Waals surface area contributed by atoms with Crippen LogP contribution >= 0.6 is 15.9 Å². The highest BCUT2D eigenvalue weighted by Gasteiger charge is 2.43. The third-order valence-corrected chi connectivity index (χ3v) is 5.03. The van der Waals surface area contributed by atoms with E-state index in [-0.39, 0.29) is 11.8 Å². The maximum atomic E-state index is 12.3. The standard InChI is InChI=1S/C15H18BrNO/c1-9-2-5-12(16)8-14(9)17-15(18)13-7-10-3-4-11(13)6-10/h2,5,8,10-11,13H,3-4,6-7H2,1H3,(H,17,18). The second kappa shape index (κ2) is 4.69. The number of benzene rings is 1. The van der Waals surface area contributed by atoms with Crippen LogP contribution in [0.1, 0.15) is 31.2 Å². The second-order valence-corrected chi connectivity index (χ2v) is 6.65. The number of aryl methyl sites for hydroxylation is 1. The zero-order chi connectivity index (χ0) is 12.7. The van der Waals surface area contributed by atoms with E-state index in [9.17, 15) is 4.79 Å². The van der Waals surface area contributed by atoms with E-state index in [1.807, 2.05) is 25.1 Å². The van der Waals surface area contributed by atoms with Gasteiger partial charge in [0.05, 0.1) is 0 Å². The fourth-order valence-corrected chi connectivity index (χ4v) is 3.88. The van der Waals surface area contributed by atoms with Crippen LogP contribution in [0.15, 0.2) is 22.7 Å². The van der Waals surface area contributed by atoms with Gasteiger partial charge in [0.15, 0.2) is 0 Å². The number of carbonyl (C=O) groups excluding carboxylic acids is 1. The normalized spacial score (nSPS) is 29.6. The van der Waals surface area contributed by atoms with Crippen molar-refractivity contribution >= 4 is 27.5 Å². The number of amides is 1. The lowest BCUT2D eigenvalue weighted by atomic mass is 9.88. The minimum atomic E-state index is 0.225. The highest BCUT2D eigenvalue weighted by Crippen LogP contribution is 2.48. The van der Waals surface area contributed by atoms with Crippen molar-refractivity contribution < 1.29 is 4.79 Å². The summed E-state index contributed by atoms with van der Waals surface area (Å²) in [7, 11) is 0. The predicted octanol–water partition coefficient (Wildman–Crippen LogP) is 4.13. The average molecular weight is 308 g/mol. The molecule has 0 heterocycles. The maximum Gasteiger partial charge on any atom is 0.227 e. The van der Waals surface area contributed by atoms with Gasteiger partial charge in [-0.25, -0.2) is 0 Å². The highest BCUT2D eigenvalue weighted by molar-refractivity contribution is 9.10. The summed E-state index contributed by atoms with van der Waals surface area (Å²) >= 11 is 3.45. The molecule has 18 heavy (non-hydrogen) atoms. The van der Waals surface area contributed by atoms with Gasteiger partial charge in [0.1, 0.15) is 0 Å². The van der Waals surface area contributed by atoms with Gasteiger partial charge in [-0.3, -0.25) is 4.79 Å². The van der Waals surface area contributed by atoms with Crippen molar-refractivity contribution in [2.75, 3.05) is 5.32 Å². The van der Waals surface area contributed by atoms with Gasteiger partial charge in [-0.15, -0.1) is 0 Å². The average Bonchev–Trinajstić information content (AvgIpc) is 2.96. The van der Waals surface area contributed by atoms with Crippen LogP contribution in [0.3, 0.4) is 0 Å². The number of anilines is 1. The molecule has 1 N–H and O–H groups in total. The third kappa shape index (κ3) is 2.20. The third-order valence-electron chi connectivity index (χ3n) is 4.53. The SMILES string of the molecule is Cc1ccc(Br)cc1NC(=O)C1CC2CCC1C2. The van der Waals surface area contributed by atoms with Crippen LogP contribution in [0.5, 0.6) is 0 Å². The van der Waals surface area contributed by atoms with E-state index in [1.54, 1.807) is 0 Å². The zero-order valence-corrected chi connectivity index (χ0v) is 12.2. The summed E-state index contributed by atoms with van der Waals surface area (Å²) in [6.07, 6.45) is 4.96. The zero-order valence-electron chi connectivity index (χ0n) is 10.6. The van der Waals surface area contributed by atoms with E-state index in [0.29, 0.717) is 5.92 Å². The van der Waals surface area contributed by atoms with Crippen LogP contribution < -0.4 is 5.32 Å². The first-order valence-electron chi connectivity index (χ1n) is 6.70. The largest absolute Gasteiger partial charge is 0.326 e. The Balaban J connectivity index is 1.72. The molecule has 96 valence electrons.